The van der Waals surface area contributed by atoms with Crippen molar-refractivity contribution in [2.45, 2.75) is 46.1 Å². The van der Waals surface area contributed by atoms with E-state index in [1.54, 1.807) is 6.92 Å². The number of carbonyl (C=O) groups excluding carboxylic acids is 3. The van der Waals surface area contributed by atoms with Crippen molar-refractivity contribution in [2.24, 2.45) is 0 Å². The van der Waals surface area contributed by atoms with E-state index in [-0.39, 0.29) is 19.4 Å². The average molecular weight is 466 g/mol. The molecular weight excluding hydrogens is 438 g/mol. The summed E-state index contributed by atoms with van der Waals surface area (Å²) in [6, 6.07) is 3.86. The van der Waals surface area contributed by atoms with Crippen LogP contribution in [0, 0.1) is 6.92 Å². The first-order chi connectivity index (χ1) is 16.2. The zero-order valence-corrected chi connectivity index (χ0v) is 19.5. The molecule has 2 aliphatic rings. The number of hydrogen-bond donors (Lipinski definition) is 1. The number of hydrogen-bond acceptors (Lipinski definition) is 7. The van der Waals surface area contributed by atoms with Gasteiger partial charge in [0.2, 0.25) is 11.6 Å². The molecule has 0 fully saturated rings. The Hall–Kier alpha value is -3.52. The van der Waals surface area contributed by atoms with Gasteiger partial charge in [-0.15, -0.1) is 0 Å². The number of nitrogens with zero attached hydrogens (tertiary/aromatic N) is 1. The van der Waals surface area contributed by atoms with E-state index in [1.807, 2.05) is 37.1 Å². The SMILES string of the molecule is CC1=c2ccc3c(c2=CCC1)C(=O)C(=O)c1c-3oc(CN(C)CCOC(=O)CCC(=O)O)c1C. The second kappa shape index (κ2) is 9.38. The summed E-state index contributed by atoms with van der Waals surface area (Å²) >= 11 is 0. The van der Waals surface area contributed by atoms with Crippen LogP contribution in [0.15, 0.2) is 16.5 Å². The van der Waals surface area contributed by atoms with Gasteiger partial charge in [-0.05, 0) is 50.2 Å². The van der Waals surface area contributed by atoms with E-state index in [0.29, 0.717) is 46.9 Å². The fourth-order valence-electron chi connectivity index (χ4n) is 4.53. The van der Waals surface area contributed by atoms with Crippen LogP contribution in [0.2, 0.25) is 0 Å². The van der Waals surface area contributed by atoms with Gasteiger partial charge in [0.15, 0.2) is 0 Å². The van der Waals surface area contributed by atoms with Gasteiger partial charge in [-0.3, -0.25) is 24.1 Å². The van der Waals surface area contributed by atoms with Crippen LogP contribution < -0.4 is 10.4 Å². The molecule has 2 aliphatic carbocycles. The topological polar surface area (TPSA) is 114 Å². The van der Waals surface area contributed by atoms with Crippen molar-refractivity contribution in [3.63, 3.8) is 0 Å². The Bertz CT molecular complexity index is 1330. The Labute approximate surface area is 196 Å². The van der Waals surface area contributed by atoms with E-state index in [1.165, 1.54) is 5.57 Å². The molecule has 0 unspecified atom stereocenters. The lowest BCUT2D eigenvalue weighted by Gasteiger charge is -2.17. The lowest BCUT2D eigenvalue weighted by atomic mass is 9.83. The molecule has 1 heterocycles. The van der Waals surface area contributed by atoms with Gasteiger partial charge in [0.05, 0.1) is 24.9 Å². The van der Waals surface area contributed by atoms with Gasteiger partial charge in [-0.1, -0.05) is 17.7 Å². The van der Waals surface area contributed by atoms with Gasteiger partial charge in [-0.25, -0.2) is 0 Å². The Kier molecular flexibility index (Phi) is 6.52. The molecule has 178 valence electrons. The number of likely N-dealkylation sites (N-methyl/N-ethyl adjacent to an activating group) is 1. The van der Waals surface area contributed by atoms with Crippen LogP contribution in [0.25, 0.3) is 23.0 Å². The number of ether oxygens (including phenoxy) is 1. The van der Waals surface area contributed by atoms with Gasteiger partial charge < -0.3 is 14.3 Å². The zero-order chi connectivity index (χ0) is 24.6. The molecule has 8 heteroatoms. The Morgan fingerprint density at radius 2 is 1.85 bits per heavy atom. The van der Waals surface area contributed by atoms with Crippen LogP contribution in [-0.2, 0) is 20.9 Å². The van der Waals surface area contributed by atoms with E-state index >= 15 is 0 Å². The summed E-state index contributed by atoms with van der Waals surface area (Å²) in [5, 5.41) is 10.5. The highest BCUT2D eigenvalue weighted by molar-refractivity contribution is 6.53. The van der Waals surface area contributed by atoms with E-state index in [2.05, 4.69) is 0 Å². The van der Waals surface area contributed by atoms with Crippen molar-refractivity contribution in [3.05, 3.63) is 45.0 Å². The number of esters is 1. The molecule has 1 aromatic carbocycles. The maximum Gasteiger partial charge on any atom is 0.306 e. The fourth-order valence-corrected chi connectivity index (χ4v) is 4.53. The number of furan rings is 1. The van der Waals surface area contributed by atoms with Crippen LogP contribution >= 0.6 is 0 Å². The first kappa shape index (κ1) is 23.6. The molecule has 0 atom stereocenters. The van der Waals surface area contributed by atoms with Crippen molar-refractivity contribution < 1.29 is 33.4 Å². The number of carboxylic acid groups (broad SMARTS) is 1. The van der Waals surface area contributed by atoms with E-state index < -0.39 is 23.5 Å². The predicted octanol–water partition coefficient (Wildman–Crippen LogP) is 2.22. The third-order valence-electron chi connectivity index (χ3n) is 6.42. The smallest absolute Gasteiger partial charge is 0.306 e. The minimum atomic E-state index is -1.05. The molecule has 34 heavy (non-hydrogen) atoms. The minimum absolute atomic E-state index is 0.104. The van der Waals surface area contributed by atoms with Gasteiger partial charge >= 0.3 is 11.9 Å². The predicted molar refractivity (Wildman–Crippen MR) is 124 cm³/mol. The zero-order valence-electron chi connectivity index (χ0n) is 19.5. The normalized spacial score (nSPS) is 14.4. The molecule has 1 aromatic heterocycles. The molecule has 0 spiro atoms. The summed E-state index contributed by atoms with van der Waals surface area (Å²) in [6.45, 7) is 4.67. The van der Waals surface area contributed by atoms with E-state index in [4.69, 9.17) is 14.3 Å². The van der Waals surface area contributed by atoms with Crippen LogP contribution in [0.3, 0.4) is 0 Å². The summed E-state index contributed by atoms with van der Waals surface area (Å²) in [6.07, 6.45) is 3.36. The summed E-state index contributed by atoms with van der Waals surface area (Å²) in [7, 11) is 1.82. The van der Waals surface area contributed by atoms with Crippen LogP contribution in [0.5, 0.6) is 0 Å². The van der Waals surface area contributed by atoms with Gasteiger partial charge in [0.1, 0.15) is 18.1 Å². The van der Waals surface area contributed by atoms with Gasteiger partial charge in [0, 0.05) is 23.2 Å². The number of ketones is 2. The molecule has 0 saturated heterocycles. The number of carboxylic acids is 1. The third kappa shape index (κ3) is 4.33. The van der Waals surface area contributed by atoms with E-state index in [9.17, 15) is 19.2 Å². The van der Waals surface area contributed by atoms with E-state index in [0.717, 1.165) is 23.3 Å². The standard InChI is InChI=1S/C26H27NO7/c1-14-5-4-6-17-16(14)7-8-18-23(17)25(32)24(31)22-15(2)19(34-26(18)22)13-27(3)11-12-33-21(30)10-9-20(28)29/h6-8H,4-5,9-13H2,1-3H3,(H,28,29). The summed E-state index contributed by atoms with van der Waals surface area (Å²) in [5.41, 5.74) is 3.23. The largest absolute Gasteiger partial charge is 0.481 e. The second-order valence-corrected chi connectivity index (χ2v) is 8.84. The van der Waals surface area contributed by atoms with Crippen LogP contribution in [0.1, 0.15) is 64.6 Å². The van der Waals surface area contributed by atoms with Crippen molar-refractivity contribution in [1.82, 2.24) is 4.90 Å². The molecule has 1 N–H and O–H groups in total. The Morgan fingerprint density at radius 3 is 2.59 bits per heavy atom. The van der Waals surface area contributed by atoms with Crippen LogP contribution in [-0.4, -0.2) is 53.7 Å². The third-order valence-corrected chi connectivity index (χ3v) is 6.42. The quantitative estimate of drug-likeness (QED) is 0.466. The monoisotopic (exact) mass is 465 g/mol. The second-order valence-electron chi connectivity index (χ2n) is 8.84. The fraction of sp³-hybridized carbons (Fsp3) is 0.385. The van der Waals surface area contributed by atoms with Crippen molar-refractivity contribution in [1.29, 1.82) is 0 Å². The summed E-state index contributed by atoms with van der Waals surface area (Å²) in [4.78, 5) is 50.2. The number of benzene rings is 1. The Morgan fingerprint density at radius 1 is 1.12 bits per heavy atom. The highest BCUT2D eigenvalue weighted by atomic mass is 16.5. The number of Topliss-reactive ketones (excluding diaryl/α,β-unsaturated/α-hetero) is 2. The Balaban J connectivity index is 1.56. The molecule has 0 radical (unpaired) electrons. The highest BCUT2D eigenvalue weighted by Crippen LogP contribution is 2.37. The lowest BCUT2D eigenvalue weighted by Crippen LogP contribution is -2.38. The molecule has 8 nitrogen and oxygen atoms in total. The van der Waals surface area contributed by atoms with Gasteiger partial charge in [0.25, 0.3) is 0 Å². The average Bonchev–Trinajstić information content (AvgIpc) is 3.11. The van der Waals surface area contributed by atoms with Crippen molar-refractivity contribution in [2.75, 3.05) is 20.2 Å². The molecule has 0 saturated carbocycles. The maximum atomic E-state index is 13.1. The molecule has 0 bridgehead atoms. The molecular formula is C26H27NO7. The number of rotatable bonds is 8. The molecule has 0 amide bonds. The molecule has 2 aromatic rings. The first-order valence-electron chi connectivity index (χ1n) is 11.3. The van der Waals surface area contributed by atoms with Crippen LogP contribution in [0.4, 0.5) is 0 Å². The summed E-state index contributed by atoms with van der Waals surface area (Å²) in [5.74, 6) is -1.65. The number of fused-ring (bicyclic) bond motifs is 5. The van der Waals surface area contributed by atoms with Crippen molar-refractivity contribution >= 4 is 35.2 Å². The highest BCUT2D eigenvalue weighted by Gasteiger charge is 2.37. The molecule has 4 rings (SSSR count). The number of carbonyl (C=O) groups is 4. The summed E-state index contributed by atoms with van der Waals surface area (Å²) < 4.78 is 11.2. The maximum absolute atomic E-state index is 13.1. The molecule has 0 aliphatic heterocycles. The minimum Gasteiger partial charge on any atom is -0.481 e. The van der Waals surface area contributed by atoms with Gasteiger partial charge in [-0.2, -0.15) is 0 Å². The lowest BCUT2D eigenvalue weighted by molar-refractivity contribution is -0.148. The first-order valence-corrected chi connectivity index (χ1v) is 11.3. The number of aliphatic carboxylic acids is 1. The van der Waals surface area contributed by atoms with Crippen molar-refractivity contribution in [3.8, 4) is 11.3 Å².